The number of carbonyl (C=O) groups is 4. The minimum Gasteiger partial charge on any atom is -0.494 e. The maximum absolute atomic E-state index is 13.8. The number of aliphatic hydroxyl groups excluding tert-OH is 9. The minimum atomic E-state index is -5.16. The molecule has 442 valence electrons. The van der Waals surface area contributed by atoms with Gasteiger partial charge in [-0.25, -0.2) is 4.18 Å². The number of benzene rings is 1. The first kappa shape index (κ1) is 64.5. The van der Waals surface area contributed by atoms with Crippen molar-refractivity contribution in [1.29, 1.82) is 0 Å². The summed E-state index contributed by atoms with van der Waals surface area (Å²) < 4.78 is 83.8. The zero-order chi connectivity index (χ0) is 57.4. The Kier molecular flexibility index (Phi) is 25.2. The predicted octanol–water partition coefficient (Wildman–Crippen LogP) is -4.92. The van der Waals surface area contributed by atoms with Crippen LogP contribution in [0, 0.1) is 11.8 Å². The molecule has 10 unspecified atom stereocenters. The standard InChI is InChI=1S/C48H74N4O25S/c1-5-6-7-8-9-10-11-12-13-17-69-27-16-14-15-26(18-27)44(64)52-33-37(60)36(59)28(19-53)72-46(33)75-41-29(20-54)73-47(34(39(41)62)50-24(3)57)76-42-30(21-55)74-48(35(40(42)63)51-25(4)58)77-43-31(22-70-78(66,67)68)71-45(65)32(38(43)61)49-23(2)56/h14-16,18,28-43,45-48,53-55,59-63,65H,5-9,12-13,17,19-22H2,1-4H3,(H,49,56)(H,50,57)(H,51,58)(H,52,64)(H,66,67,68)/t28?,29-,30?,31-,32?,33-,34?,35-,36+,37-,38?,39?,40-,41-,42?,43-,45?,46?,47?,48+/m1/s1. The van der Waals surface area contributed by atoms with Gasteiger partial charge in [-0.1, -0.05) is 32.3 Å². The predicted molar refractivity (Wildman–Crippen MR) is 262 cm³/mol. The van der Waals surface area contributed by atoms with E-state index in [1.165, 1.54) is 18.6 Å². The summed E-state index contributed by atoms with van der Waals surface area (Å²) in [6, 6.07) is -0.745. The molecular weight excluding hydrogens is 1060 g/mol. The molecule has 29 nitrogen and oxygen atoms in total. The number of unbranched alkanes of at least 4 members (excludes halogenated alkanes) is 5. The van der Waals surface area contributed by atoms with Crippen LogP contribution in [0.4, 0.5) is 0 Å². The van der Waals surface area contributed by atoms with Crippen LogP contribution in [0.25, 0.3) is 0 Å². The van der Waals surface area contributed by atoms with Crippen molar-refractivity contribution in [2.45, 2.75) is 195 Å². The molecule has 0 aromatic heterocycles. The van der Waals surface area contributed by atoms with Gasteiger partial charge in [-0.3, -0.25) is 23.7 Å². The fraction of sp³-hybridized carbons (Fsp3) is 0.750. The number of ether oxygens (including phenoxy) is 8. The Bertz CT molecular complexity index is 2280. The van der Waals surface area contributed by atoms with Gasteiger partial charge in [-0.05, 0) is 31.0 Å². The molecule has 4 amide bonds. The van der Waals surface area contributed by atoms with Crippen LogP contribution in [0.15, 0.2) is 24.3 Å². The van der Waals surface area contributed by atoms with E-state index in [0.717, 1.165) is 46.5 Å². The second-order valence-corrected chi connectivity index (χ2v) is 20.1. The highest BCUT2D eigenvalue weighted by Crippen LogP contribution is 2.35. The van der Waals surface area contributed by atoms with E-state index < -0.39 is 183 Å². The lowest BCUT2D eigenvalue weighted by Crippen LogP contribution is -2.71. The van der Waals surface area contributed by atoms with Crippen LogP contribution in [0.1, 0.15) is 83.0 Å². The Morgan fingerprint density at radius 1 is 0.590 bits per heavy atom. The van der Waals surface area contributed by atoms with Crippen molar-refractivity contribution in [3.05, 3.63) is 29.8 Å². The molecule has 14 N–H and O–H groups in total. The van der Waals surface area contributed by atoms with Crippen molar-refractivity contribution in [1.82, 2.24) is 21.3 Å². The molecule has 4 aliphatic rings. The maximum Gasteiger partial charge on any atom is 0.397 e. The van der Waals surface area contributed by atoms with Crippen molar-refractivity contribution in [3.8, 4) is 17.6 Å². The first-order valence-electron chi connectivity index (χ1n) is 25.4. The molecule has 0 spiro atoms. The summed E-state index contributed by atoms with van der Waals surface area (Å²) in [5.41, 5.74) is 0.0447. The third-order valence-corrected chi connectivity index (χ3v) is 13.5. The Balaban J connectivity index is 1.35. The highest BCUT2D eigenvalue weighted by atomic mass is 32.3. The van der Waals surface area contributed by atoms with Gasteiger partial charge in [0.05, 0.1) is 33.0 Å². The average molecular weight is 1140 g/mol. The molecule has 4 aliphatic heterocycles. The van der Waals surface area contributed by atoms with Crippen LogP contribution in [0.3, 0.4) is 0 Å². The van der Waals surface area contributed by atoms with Gasteiger partial charge in [0.1, 0.15) is 103 Å². The Hall–Kier alpha value is -4.31. The lowest BCUT2D eigenvalue weighted by atomic mass is 9.93. The van der Waals surface area contributed by atoms with E-state index in [-0.39, 0.29) is 5.56 Å². The molecule has 4 saturated heterocycles. The molecule has 4 heterocycles. The highest BCUT2D eigenvalue weighted by molar-refractivity contribution is 7.80. The molecule has 78 heavy (non-hydrogen) atoms. The number of hydrogen-bond acceptors (Lipinski definition) is 24. The molecule has 5 rings (SSSR count). The maximum atomic E-state index is 13.8. The molecule has 20 atom stereocenters. The normalized spacial score (nSPS) is 35.1. The van der Waals surface area contributed by atoms with Crippen molar-refractivity contribution >= 4 is 34.0 Å². The highest BCUT2D eigenvalue weighted by Gasteiger charge is 2.56. The van der Waals surface area contributed by atoms with Gasteiger partial charge in [0, 0.05) is 39.2 Å². The summed E-state index contributed by atoms with van der Waals surface area (Å²) in [4.78, 5) is 51.1. The first-order chi connectivity index (χ1) is 37.0. The third-order valence-electron chi connectivity index (χ3n) is 13.0. The van der Waals surface area contributed by atoms with Crippen LogP contribution >= 0.6 is 0 Å². The lowest BCUT2D eigenvalue weighted by molar-refractivity contribution is -0.361. The number of nitrogens with one attached hydrogen (secondary N) is 4. The SMILES string of the molecule is CCCCCCC#CCCCOc1cccc(C(=O)N[C@H]2C(O[C@H]3C(O)C(NC(C)=O)C(OC4C(CO)O[C@@H](O[C@H]5C(O)C(NC(C)=O)C(O)O[C@@H]5COS(=O)(=O)O)[C@H](NC(C)=O)[C@H]4O)O[C@@H]3CO)OC(CO)[C@H](O)[C@@H]2O)c1. The Morgan fingerprint density at radius 2 is 1.06 bits per heavy atom. The van der Waals surface area contributed by atoms with E-state index in [4.69, 9.17) is 37.9 Å². The number of aliphatic hydroxyl groups is 9. The largest absolute Gasteiger partial charge is 0.494 e. The zero-order valence-corrected chi connectivity index (χ0v) is 44.2. The molecule has 4 fully saturated rings. The average Bonchev–Trinajstić information content (AvgIpc) is 3.47. The molecule has 0 saturated carbocycles. The summed E-state index contributed by atoms with van der Waals surface area (Å²) in [7, 11) is -5.16. The lowest BCUT2D eigenvalue weighted by Gasteiger charge is -2.51. The van der Waals surface area contributed by atoms with Gasteiger partial charge in [0.15, 0.2) is 25.2 Å². The first-order valence-corrected chi connectivity index (χ1v) is 26.8. The summed E-state index contributed by atoms with van der Waals surface area (Å²) in [5, 5.41) is 109. The van der Waals surface area contributed by atoms with E-state index >= 15 is 0 Å². The Morgan fingerprint density at radius 3 is 1.56 bits per heavy atom. The smallest absolute Gasteiger partial charge is 0.397 e. The van der Waals surface area contributed by atoms with E-state index in [0.29, 0.717) is 25.2 Å². The van der Waals surface area contributed by atoms with Gasteiger partial charge >= 0.3 is 10.4 Å². The molecule has 30 heteroatoms. The second-order valence-electron chi connectivity index (χ2n) is 19.0. The third kappa shape index (κ3) is 17.8. The quantitative estimate of drug-likeness (QED) is 0.0248. The molecule has 0 radical (unpaired) electrons. The van der Waals surface area contributed by atoms with E-state index in [1.807, 2.05) is 0 Å². The van der Waals surface area contributed by atoms with Gasteiger partial charge in [0.2, 0.25) is 17.7 Å². The van der Waals surface area contributed by atoms with Crippen molar-refractivity contribution in [3.63, 3.8) is 0 Å². The summed E-state index contributed by atoms with van der Waals surface area (Å²) in [6.07, 6.45) is -23.1. The Labute approximate surface area is 450 Å². The van der Waals surface area contributed by atoms with E-state index in [2.05, 4.69) is 44.2 Å². The van der Waals surface area contributed by atoms with Crippen molar-refractivity contribution in [2.75, 3.05) is 33.0 Å². The molecule has 0 aliphatic carbocycles. The van der Waals surface area contributed by atoms with Crippen molar-refractivity contribution < 1.29 is 120 Å². The van der Waals surface area contributed by atoms with Crippen LogP contribution in [0.5, 0.6) is 5.75 Å². The zero-order valence-electron chi connectivity index (χ0n) is 43.3. The fourth-order valence-electron chi connectivity index (χ4n) is 9.21. The fourth-order valence-corrected chi connectivity index (χ4v) is 9.51. The molecule has 0 bridgehead atoms. The van der Waals surface area contributed by atoms with E-state index in [1.54, 1.807) is 12.1 Å². The molecular formula is C48H74N4O25S. The molecule has 1 aromatic rings. The van der Waals surface area contributed by atoms with E-state index in [9.17, 15) is 78.1 Å². The van der Waals surface area contributed by atoms with Crippen LogP contribution in [-0.4, -0.2) is 238 Å². The minimum absolute atomic E-state index is 0.0447. The number of amides is 4. The van der Waals surface area contributed by atoms with Gasteiger partial charge < -0.3 is 105 Å². The summed E-state index contributed by atoms with van der Waals surface area (Å²) in [5.74, 6) is 3.39. The number of rotatable bonds is 25. The van der Waals surface area contributed by atoms with Crippen molar-refractivity contribution in [2.24, 2.45) is 0 Å². The number of hydrogen-bond donors (Lipinski definition) is 14. The monoisotopic (exact) mass is 1140 g/mol. The van der Waals surface area contributed by atoms with Gasteiger partial charge in [-0.15, -0.1) is 11.8 Å². The second kappa shape index (κ2) is 30.5. The summed E-state index contributed by atoms with van der Waals surface area (Å²) >= 11 is 0. The summed E-state index contributed by atoms with van der Waals surface area (Å²) in [6.45, 7) is 1.51. The van der Waals surface area contributed by atoms with Crippen LogP contribution < -0.4 is 26.0 Å². The van der Waals surface area contributed by atoms with Gasteiger partial charge in [0.25, 0.3) is 5.91 Å². The molecule has 1 aromatic carbocycles. The van der Waals surface area contributed by atoms with Crippen LogP contribution in [-0.2, 0) is 62.1 Å². The van der Waals surface area contributed by atoms with Crippen LogP contribution in [0.2, 0.25) is 0 Å². The van der Waals surface area contributed by atoms with Gasteiger partial charge in [-0.2, -0.15) is 8.42 Å². The number of carbonyl (C=O) groups excluding carboxylic acids is 4. The topological polar surface area (TPSA) is 436 Å².